The monoisotopic (exact) mass is 424 g/mol. The van der Waals surface area contributed by atoms with Gasteiger partial charge in [0.2, 0.25) is 0 Å². The summed E-state index contributed by atoms with van der Waals surface area (Å²) in [6, 6.07) is 9.76. The van der Waals surface area contributed by atoms with E-state index in [0.717, 1.165) is 28.3 Å². The normalized spacial score (nSPS) is 10.9. The van der Waals surface area contributed by atoms with E-state index in [0.29, 0.717) is 16.6 Å². The number of ether oxygens (including phenoxy) is 1. The van der Waals surface area contributed by atoms with Gasteiger partial charge < -0.3 is 4.74 Å². The van der Waals surface area contributed by atoms with Crippen molar-refractivity contribution in [1.82, 2.24) is 14.8 Å². The van der Waals surface area contributed by atoms with Crippen LogP contribution in [0, 0.1) is 13.8 Å². The van der Waals surface area contributed by atoms with Gasteiger partial charge in [-0.3, -0.25) is 14.8 Å². The van der Waals surface area contributed by atoms with Gasteiger partial charge in [0, 0.05) is 24.2 Å². The van der Waals surface area contributed by atoms with Crippen LogP contribution in [0.3, 0.4) is 0 Å². The molecule has 0 saturated carbocycles. The number of thiophene rings is 1. The lowest BCUT2D eigenvalue weighted by Crippen LogP contribution is -2.10. The van der Waals surface area contributed by atoms with Crippen LogP contribution >= 0.6 is 22.7 Å². The molecule has 0 aliphatic rings. The van der Waals surface area contributed by atoms with Gasteiger partial charge in [-0.15, -0.1) is 22.7 Å². The molecule has 1 N–H and O–H groups in total. The summed E-state index contributed by atoms with van der Waals surface area (Å²) in [4.78, 5) is 17.7. The molecule has 4 rings (SSSR count). The van der Waals surface area contributed by atoms with E-state index >= 15 is 0 Å². The van der Waals surface area contributed by atoms with Gasteiger partial charge in [0.25, 0.3) is 5.91 Å². The Labute approximate surface area is 176 Å². The average molecular weight is 425 g/mol. The summed E-state index contributed by atoms with van der Waals surface area (Å²) in [6.45, 7) is 4.54. The van der Waals surface area contributed by atoms with Gasteiger partial charge in [-0.1, -0.05) is 12.1 Å². The second kappa shape index (κ2) is 8.18. The molecule has 6 nitrogen and oxygen atoms in total. The number of nitrogens with zero attached hydrogens (tertiary/aromatic N) is 3. The highest BCUT2D eigenvalue weighted by atomic mass is 32.1. The number of rotatable bonds is 6. The molecule has 0 atom stereocenters. The van der Waals surface area contributed by atoms with Gasteiger partial charge in [0.15, 0.2) is 5.13 Å². The van der Waals surface area contributed by atoms with E-state index in [2.05, 4.69) is 28.4 Å². The SMILES string of the molecule is Cc1cccc(OCc2csc(C(=O)Nc3nc(-c4ccnn4C)cs3)c2)c1C. The first-order valence-corrected chi connectivity index (χ1v) is 10.8. The van der Waals surface area contributed by atoms with E-state index in [1.54, 1.807) is 10.9 Å². The molecule has 4 aromatic rings. The minimum absolute atomic E-state index is 0.168. The van der Waals surface area contributed by atoms with Crippen LogP contribution in [0.1, 0.15) is 26.4 Å². The number of anilines is 1. The Bertz CT molecular complexity index is 1160. The number of amides is 1. The summed E-state index contributed by atoms with van der Waals surface area (Å²) < 4.78 is 7.68. The molecule has 0 spiro atoms. The smallest absolute Gasteiger partial charge is 0.267 e. The summed E-state index contributed by atoms with van der Waals surface area (Å²) >= 11 is 2.79. The van der Waals surface area contributed by atoms with Crippen molar-refractivity contribution in [2.24, 2.45) is 7.05 Å². The van der Waals surface area contributed by atoms with Crippen molar-refractivity contribution in [2.45, 2.75) is 20.5 Å². The van der Waals surface area contributed by atoms with Crippen molar-refractivity contribution in [2.75, 3.05) is 5.32 Å². The highest BCUT2D eigenvalue weighted by Gasteiger charge is 2.14. The van der Waals surface area contributed by atoms with Crippen molar-refractivity contribution < 1.29 is 9.53 Å². The molecule has 0 aliphatic carbocycles. The van der Waals surface area contributed by atoms with E-state index in [1.165, 1.54) is 28.2 Å². The summed E-state index contributed by atoms with van der Waals surface area (Å²) in [5, 5.41) is 11.4. The fourth-order valence-corrected chi connectivity index (χ4v) is 4.34. The first-order chi connectivity index (χ1) is 14.0. The molecule has 1 amide bonds. The van der Waals surface area contributed by atoms with Crippen LogP contribution in [0.25, 0.3) is 11.4 Å². The third kappa shape index (κ3) is 4.23. The van der Waals surface area contributed by atoms with E-state index in [1.807, 2.05) is 49.0 Å². The molecule has 0 fully saturated rings. The third-order valence-corrected chi connectivity index (χ3v) is 6.37. The van der Waals surface area contributed by atoms with Gasteiger partial charge in [0.1, 0.15) is 18.1 Å². The number of carbonyl (C=O) groups is 1. The molecule has 0 saturated heterocycles. The molecule has 0 aliphatic heterocycles. The predicted octanol–water partition coefficient (Wildman–Crippen LogP) is 5.05. The highest BCUT2D eigenvalue weighted by molar-refractivity contribution is 7.14. The number of hydrogen-bond donors (Lipinski definition) is 1. The number of aromatic nitrogens is 3. The van der Waals surface area contributed by atoms with E-state index in [9.17, 15) is 4.79 Å². The van der Waals surface area contributed by atoms with Gasteiger partial charge >= 0.3 is 0 Å². The standard InChI is InChI=1S/C21H20N4O2S2/c1-13-5-4-6-18(14(13)2)27-10-15-9-19(28-11-15)20(26)24-21-23-16(12-29-21)17-7-8-22-25(17)3/h4-9,11-12H,10H2,1-3H3,(H,23,24,26). The molecule has 3 heterocycles. The first-order valence-electron chi connectivity index (χ1n) is 9.03. The summed E-state index contributed by atoms with van der Waals surface area (Å²) in [7, 11) is 1.86. The van der Waals surface area contributed by atoms with Crippen molar-refractivity contribution >= 4 is 33.7 Å². The van der Waals surface area contributed by atoms with Gasteiger partial charge in [0.05, 0.1) is 10.6 Å². The second-order valence-corrected chi connectivity index (χ2v) is 8.41. The highest BCUT2D eigenvalue weighted by Crippen LogP contribution is 2.26. The lowest BCUT2D eigenvalue weighted by molar-refractivity contribution is 0.103. The minimum Gasteiger partial charge on any atom is -0.489 e. The summed E-state index contributed by atoms with van der Waals surface area (Å²) in [5.41, 5.74) is 4.99. The number of carbonyl (C=O) groups excluding carboxylic acids is 1. The molecule has 0 bridgehead atoms. The van der Waals surface area contributed by atoms with Gasteiger partial charge in [-0.25, -0.2) is 4.98 Å². The van der Waals surface area contributed by atoms with E-state index < -0.39 is 0 Å². The topological polar surface area (TPSA) is 69.0 Å². The number of hydrogen-bond acceptors (Lipinski definition) is 6. The zero-order valence-corrected chi connectivity index (χ0v) is 17.9. The maximum atomic E-state index is 12.6. The van der Waals surface area contributed by atoms with Crippen LogP contribution in [0.15, 0.2) is 47.3 Å². The Morgan fingerprint density at radius 3 is 2.86 bits per heavy atom. The zero-order valence-electron chi connectivity index (χ0n) is 16.3. The summed E-state index contributed by atoms with van der Waals surface area (Å²) in [5.74, 6) is 0.701. The van der Waals surface area contributed by atoms with Crippen molar-refractivity contribution in [3.05, 3.63) is 68.9 Å². The molecule has 1 aromatic carbocycles. The number of benzene rings is 1. The molecule has 148 valence electrons. The Morgan fingerprint density at radius 2 is 2.07 bits per heavy atom. The summed E-state index contributed by atoms with van der Waals surface area (Å²) in [6.07, 6.45) is 1.72. The van der Waals surface area contributed by atoms with E-state index in [-0.39, 0.29) is 5.91 Å². The minimum atomic E-state index is -0.168. The number of thiazole rings is 1. The third-order valence-electron chi connectivity index (χ3n) is 4.63. The number of nitrogens with one attached hydrogen (secondary N) is 1. The molecule has 29 heavy (non-hydrogen) atoms. The van der Waals surface area contributed by atoms with Crippen LogP contribution in [0.4, 0.5) is 5.13 Å². The predicted molar refractivity (Wildman–Crippen MR) is 117 cm³/mol. The van der Waals surface area contributed by atoms with Gasteiger partial charge in [-0.05, 0) is 48.6 Å². The average Bonchev–Trinajstić information content (AvgIpc) is 3.44. The van der Waals surface area contributed by atoms with Crippen molar-refractivity contribution in [3.63, 3.8) is 0 Å². The molecule has 0 unspecified atom stereocenters. The molecule has 8 heteroatoms. The quantitative estimate of drug-likeness (QED) is 0.470. The van der Waals surface area contributed by atoms with Crippen LogP contribution in [-0.2, 0) is 13.7 Å². The molecule has 0 radical (unpaired) electrons. The first kappa shape index (κ1) is 19.4. The van der Waals surface area contributed by atoms with Gasteiger partial charge in [-0.2, -0.15) is 5.10 Å². The Morgan fingerprint density at radius 1 is 1.21 bits per heavy atom. The molecular weight excluding hydrogens is 404 g/mol. The maximum absolute atomic E-state index is 12.6. The Balaban J connectivity index is 1.39. The largest absolute Gasteiger partial charge is 0.489 e. The van der Waals surface area contributed by atoms with Crippen molar-refractivity contribution in [3.8, 4) is 17.1 Å². The van der Waals surface area contributed by atoms with Crippen LogP contribution < -0.4 is 10.1 Å². The van der Waals surface area contributed by atoms with Crippen LogP contribution in [-0.4, -0.2) is 20.7 Å². The van der Waals surface area contributed by atoms with Crippen molar-refractivity contribution in [1.29, 1.82) is 0 Å². The molecular formula is C21H20N4O2S2. The second-order valence-electron chi connectivity index (χ2n) is 6.64. The molecule has 3 aromatic heterocycles. The Hall–Kier alpha value is -2.97. The van der Waals surface area contributed by atoms with Crippen LogP contribution in [0.5, 0.6) is 5.75 Å². The van der Waals surface area contributed by atoms with Crippen LogP contribution in [0.2, 0.25) is 0 Å². The number of aryl methyl sites for hydroxylation is 2. The Kier molecular flexibility index (Phi) is 5.46. The lowest BCUT2D eigenvalue weighted by Gasteiger charge is -2.09. The fraction of sp³-hybridized carbons (Fsp3) is 0.190. The lowest BCUT2D eigenvalue weighted by atomic mass is 10.1. The zero-order chi connectivity index (χ0) is 20.4. The fourth-order valence-electron chi connectivity index (χ4n) is 2.84. The maximum Gasteiger partial charge on any atom is 0.267 e. The van der Waals surface area contributed by atoms with E-state index in [4.69, 9.17) is 4.74 Å².